The Balaban J connectivity index is 0.000000109. The van der Waals surface area contributed by atoms with Crippen LogP contribution in [0.2, 0.25) is 0 Å². The van der Waals surface area contributed by atoms with Crippen LogP contribution >= 0.6 is 0 Å². The molecule has 1 atom stereocenters. The molecule has 0 saturated carbocycles. The van der Waals surface area contributed by atoms with Crippen molar-refractivity contribution >= 4 is 43.6 Å². The highest BCUT2D eigenvalue weighted by atomic mass is 14.7. The number of rotatable bonds is 0. The maximum Gasteiger partial charge on any atom is 0.0454 e. The fourth-order valence-electron chi connectivity index (χ4n) is 5.58. The van der Waals surface area contributed by atoms with Crippen molar-refractivity contribution in [2.45, 2.75) is 20.8 Å². The van der Waals surface area contributed by atoms with Crippen LogP contribution in [-0.2, 0) is 0 Å². The van der Waals surface area contributed by atoms with Crippen LogP contribution in [-0.4, -0.2) is 4.98 Å². The zero-order chi connectivity index (χ0) is 26.8. The second kappa shape index (κ2) is 10.6. The third-order valence-corrected chi connectivity index (χ3v) is 7.61. The van der Waals surface area contributed by atoms with Gasteiger partial charge in [-0.25, -0.2) is 0 Å². The third-order valence-electron chi connectivity index (χ3n) is 7.61. The van der Waals surface area contributed by atoms with Crippen LogP contribution in [0.1, 0.15) is 29.2 Å². The molecule has 1 aromatic heterocycles. The first kappa shape index (κ1) is 24.7. The fraction of sp³-hybridized carbons (Fsp3) is 0.105. The first-order chi connectivity index (χ1) is 19.0. The van der Waals surface area contributed by atoms with E-state index in [1.165, 1.54) is 65.8 Å². The minimum atomic E-state index is 0.518. The van der Waals surface area contributed by atoms with Gasteiger partial charge in [0.1, 0.15) is 0 Å². The Labute approximate surface area is 230 Å². The van der Waals surface area contributed by atoms with E-state index in [1.807, 2.05) is 6.20 Å². The summed E-state index contributed by atoms with van der Waals surface area (Å²) in [5.41, 5.74) is 9.48. The number of aromatic nitrogens is 1. The van der Waals surface area contributed by atoms with Gasteiger partial charge in [0.2, 0.25) is 0 Å². The number of allylic oxidation sites excluding steroid dienone is 6. The van der Waals surface area contributed by atoms with Crippen molar-refractivity contribution < 1.29 is 0 Å². The van der Waals surface area contributed by atoms with Gasteiger partial charge in [0.05, 0.1) is 0 Å². The van der Waals surface area contributed by atoms with Gasteiger partial charge in [0.15, 0.2) is 0 Å². The molecule has 190 valence electrons. The highest BCUT2D eigenvalue weighted by Crippen LogP contribution is 2.40. The SMILES string of the molecule is CC1=CC2C=CC=C2c2ccccc21.Cc1ccc2[nH]ccc2c1.Cc1ccc2cc3ccccc3cc2c1. The molecule has 6 aromatic rings. The van der Waals surface area contributed by atoms with Crippen LogP contribution in [0.15, 0.2) is 134 Å². The van der Waals surface area contributed by atoms with Gasteiger partial charge in [-0.15, -0.1) is 0 Å². The van der Waals surface area contributed by atoms with Crippen molar-refractivity contribution in [3.05, 3.63) is 156 Å². The van der Waals surface area contributed by atoms with Crippen LogP contribution < -0.4 is 0 Å². The van der Waals surface area contributed by atoms with Crippen LogP contribution in [0.3, 0.4) is 0 Å². The number of hydrogen-bond acceptors (Lipinski definition) is 0. The maximum absolute atomic E-state index is 3.15. The molecule has 2 aliphatic carbocycles. The molecule has 1 heterocycles. The summed E-state index contributed by atoms with van der Waals surface area (Å²) in [5.74, 6) is 0.518. The zero-order valence-corrected chi connectivity index (χ0v) is 22.8. The van der Waals surface area contributed by atoms with E-state index >= 15 is 0 Å². The molecule has 0 aliphatic heterocycles. The van der Waals surface area contributed by atoms with Crippen molar-refractivity contribution in [2.75, 3.05) is 0 Å². The quantitative estimate of drug-likeness (QED) is 0.198. The molecular formula is C38H33N. The molecule has 0 fully saturated rings. The molecule has 39 heavy (non-hydrogen) atoms. The predicted molar refractivity (Wildman–Crippen MR) is 170 cm³/mol. The van der Waals surface area contributed by atoms with Gasteiger partial charge in [0.25, 0.3) is 0 Å². The largest absolute Gasteiger partial charge is 0.361 e. The smallest absolute Gasteiger partial charge is 0.0454 e. The molecule has 0 amide bonds. The number of hydrogen-bond donors (Lipinski definition) is 1. The minimum Gasteiger partial charge on any atom is -0.361 e. The van der Waals surface area contributed by atoms with Crippen LogP contribution in [0.4, 0.5) is 0 Å². The van der Waals surface area contributed by atoms with Crippen molar-refractivity contribution in [1.82, 2.24) is 4.98 Å². The molecule has 2 aliphatic rings. The molecule has 1 nitrogen and oxygen atoms in total. The number of H-pyrrole nitrogens is 1. The maximum atomic E-state index is 3.15. The van der Waals surface area contributed by atoms with Crippen molar-refractivity contribution in [3.63, 3.8) is 0 Å². The number of fused-ring (bicyclic) bond motifs is 6. The molecule has 1 unspecified atom stereocenters. The molecule has 0 bridgehead atoms. The molecule has 0 radical (unpaired) electrons. The summed E-state index contributed by atoms with van der Waals surface area (Å²) in [6.45, 7) is 6.43. The molecule has 0 saturated heterocycles. The lowest BCUT2D eigenvalue weighted by Crippen LogP contribution is -2.03. The summed E-state index contributed by atoms with van der Waals surface area (Å²) < 4.78 is 0. The third kappa shape index (κ3) is 5.22. The van der Waals surface area contributed by atoms with Gasteiger partial charge in [0, 0.05) is 17.6 Å². The second-order valence-corrected chi connectivity index (χ2v) is 10.5. The molecule has 0 spiro atoms. The van der Waals surface area contributed by atoms with E-state index in [9.17, 15) is 0 Å². The Kier molecular flexibility index (Phi) is 6.73. The monoisotopic (exact) mass is 503 g/mol. The van der Waals surface area contributed by atoms with Crippen molar-refractivity contribution in [1.29, 1.82) is 0 Å². The molecular weight excluding hydrogens is 470 g/mol. The lowest BCUT2D eigenvalue weighted by molar-refractivity contribution is 1.09. The zero-order valence-electron chi connectivity index (χ0n) is 22.8. The first-order valence-electron chi connectivity index (χ1n) is 13.6. The van der Waals surface area contributed by atoms with Gasteiger partial charge in [-0.05, 0) is 100 Å². The summed E-state index contributed by atoms with van der Waals surface area (Å²) >= 11 is 0. The average molecular weight is 504 g/mol. The van der Waals surface area contributed by atoms with Gasteiger partial charge in [-0.3, -0.25) is 0 Å². The fourth-order valence-corrected chi connectivity index (χ4v) is 5.58. The topological polar surface area (TPSA) is 15.8 Å². The van der Waals surface area contributed by atoms with Gasteiger partial charge < -0.3 is 4.98 Å². The predicted octanol–water partition coefficient (Wildman–Crippen LogP) is 10.5. The summed E-state index contributed by atoms with van der Waals surface area (Å²) in [7, 11) is 0. The average Bonchev–Trinajstić information content (AvgIpc) is 3.62. The Bertz CT molecular complexity index is 1890. The van der Waals surface area contributed by atoms with Gasteiger partial charge >= 0.3 is 0 Å². The van der Waals surface area contributed by atoms with E-state index in [0.29, 0.717) is 5.92 Å². The standard InChI is InChI=1S/C15H12.C14H12.C9H9N/c1-11-6-7-14-9-12-4-2-3-5-13(12)10-15(14)8-11;1-10-9-11-5-4-8-13(11)14-7-3-2-6-12(10)14;1-7-2-3-9-8(6-7)4-5-10-9/h2-10H,1H3;2-9,11H,1H3;2-6,10H,1H3. The van der Waals surface area contributed by atoms with E-state index in [0.717, 1.165) is 0 Å². The number of nitrogens with one attached hydrogen (secondary N) is 1. The Morgan fingerprint density at radius 2 is 1.21 bits per heavy atom. The summed E-state index contributed by atoms with van der Waals surface area (Å²) in [5, 5.41) is 6.57. The highest BCUT2D eigenvalue weighted by molar-refractivity contribution is 5.98. The van der Waals surface area contributed by atoms with Gasteiger partial charge in [-0.2, -0.15) is 0 Å². The molecule has 5 aromatic carbocycles. The summed E-state index contributed by atoms with van der Waals surface area (Å²) in [6.07, 6.45) is 11.0. The van der Waals surface area contributed by atoms with Gasteiger partial charge in [-0.1, -0.05) is 108 Å². The van der Waals surface area contributed by atoms with E-state index < -0.39 is 0 Å². The number of aryl methyl sites for hydroxylation is 2. The molecule has 1 N–H and O–H groups in total. The number of benzene rings is 5. The van der Waals surface area contributed by atoms with Crippen LogP contribution in [0.5, 0.6) is 0 Å². The Morgan fingerprint density at radius 1 is 0.564 bits per heavy atom. The van der Waals surface area contributed by atoms with Crippen molar-refractivity contribution in [3.8, 4) is 0 Å². The number of aromatic amines is 1. The van der Waals surface area contributed by atoms with E-state index in [4.69, 9.17) is 0 Å². The minimum absolute atomic E-state index is 0.518. The van der Waals surface area contributed by atoms with E-state index in [1.54, 1.807) is 0 Å². The Hall–Kier alpha value is -4.62. The summed E-state index contributed by atoms with van der Waals surface area (Å²) in [6, 6.07) is 36.7. The molecule has 8 rings (SSSR count). The lowest BCUT2D eigenvalue weighted by atomic mass is 9.83. The molecule has 1 heteroatoms. The summed E-state index contributed by atoms with van der Waals surface area (Å²) in [4.78, 5) is 3.15. The van der Waals surface area contributed by atoms with Crippen LogP contribution in [0.25, 0.3) is 43.6 Å². The lowest BCUT2D eigenvalue weighted by Gasteiger charge is -2.21. The van der Waals surface area contributed by atoms with Crippen molar-refractivity contribution in [2.24, 2.45) is 5.92 Å². The highest BCUT2D eigenvalue weighted by Gasteiger charge is 2.21. The Morgan fingerprint density at radius 3 is 2.00 bits per heavy atom. The van der Waals surface area contributed by atoms with Crippen LogP contribution in [0, 0.1) is 19.8 Å². The normalized spacial score (nSPS) is 15.0. The van der Waals surface area contributed by atoms with E-state index in [2.05, 4.69) is 153 Å². The second-order valence-electron chi connectivity index (χ2n) is 10.5. The van der Waals surface area contributed by atoms with E-state index in [-0.39, 0.29) is 0 Å². The first-order valence-corrected chi connectivity index (χ1v) is 13.6.